The molecule has 0 aliphatic carbocycles. The average Bonchev–Trinajstić information content (AvgIpc) is 3.01. The Morgan fingerprint density at radius 1 is 1.14 bits per heavy atom. The lowest BCUT2D eigenvalue weighted by Crippen LogP contribution is -2.16. The summed E-state index contributed by atoms with van der Waals surface area (Å²) in [6.07, 6.45) is 0. The first-order valence-corrected chi connectivity index (χ1v) is 7.98. The summed E-state index contributed by atoms with van der Waals surface area (Å²) in [5, 5.41) is 10.2. The number of hydrogen-bond acceptors (Lipinski definition) is 4. The van der Waals surface area contributed by atoms with Crippen molar-refractivity contribution in [3.8, 4) is 0 Å². The van der Waals surface area contributed by atoms with Crippen molar-refractivity contribution in [3.05, 3.63) is 39.4 Å². The van der Waals surface area contributed by atoms with E-state index in [4.69, 9.17) is 0 Å². The van der Waals surface area contributed by atoms with Crippen molar-refractivity contribution < 1.29 is 0 Å². The van der Waals surface area contributed by atoms with Crippen LogP contribution < -0.4 is 5.32 Å². The van der Waals surface area contributed by atoms with Crippen LogP contribution in [0.5, 0.6) is 0 Å². The van der Waals surface area contributed by atoms with Crippen molar-refractivity contribution >= 4 is 16.3 Å². The molecule has 0 bridgehead atoms. The summed E-state index contributed by atoms with van der Waals surface area (Å²) in [6.45, 7) is 10.0. The van der Waals surface area contributed by atoms with Crippen molar-refractivity contribution in [3.63, 3.8) is 0 Å². The Kier molecular flexibility index (Phi) is 3.59. The molecule has 21 heavy (non-hydrogen) atoms. The summed E-state index contributed by atoms with van der Waals surface area (Å²) in [5.41, 5.74) is 7.23. The summed E-state index contributed by atoms with van der Waals surface area (Å²) in [7, 11) is 1.99. The molecule has 0 amide bonds. The van der Waals surface area contributed by atoms with Gasteiger partial charge in [0.25, 0.3) is 0 Å². The van der Waals surface area contributed by atoms with E-state index < -0.39 is 0 Å². The van der Waals surface area contributed by atoms with E-state index in [2.05, 4.69) is 52.9 Å². The number of thiazole rings is 1. The Labute approximate surface area is 128 Å². The summed E-state index contributed by atoms with van der Waals surface area (Å²) in [4.78, 5) is 5.70. The van der Waals surface area contributed by atoms with Crippen LogP contribution in [0, 0.1) is 27.7 Å². The van der Waals surface area contributed by atoms with Gasteiger partial charge < -0.3 is 5.32 Å². The highest BCUT2D eigenvalue weighted by Crippen LogP contribution is 2.20. The number of aromatic nitrogens is 4. The number of nitrogens with zero attached hydrogens (tertiary/aromatic N) is 4. The number of fused-ring (bicyclic) bond motifs is 1. The lowest BCUT2D eigenvalue weighted by molar-refractivity contribution is 0.664. The van der Waals surface area contributed by atoms with E-state index in [-0.39, 0.29) is 0 Å². The maximum atomic E-state index is 4.62. The normalized spacial score (nSPS) is 11.7. The van der Waals surface area contributed by atoms with Crippen LogP contribution in [0.4, 0.5) is 0 Å². The second-order valence-corrected chi connectivity index (χ2v) is 6.35. The molecule has 112 valence electrons. The molecule has 0 saturated carbocycles. The predicted octanol–water partition coefficient (Wildman–Crippen LogP) is 2.65. The van der Waals surface area contributed by atoms with E-state index in [9.17, 15) is 0 Å². The van der Waals surface area contributed by atoms with Crippen LogP contribution in [0.3, 0.4) is 0 Å². The molecule has 0 aliphatic heterocycles. The Bertz CT molecular complexity index is 793. The molecule has 3 heterocycles. The smallest absolute Gasteiger partial charge is 0.194 e. The maximum absolute atomic E-state index is 4.62. The van der Waals surface area contributed by atoms with Gasteiger partial charge in [-0.15, -0.1) is 11.3 Å². The molecule has 3 aromatic heterocycles. The molecule has 0 aliphatic rings. The molecular formula is C15H21N5S. The van der Waals surface area contributed by atoms with E-state index in [0.29, 0.717) is 0 Å². The molecule has 3 rings (SSSR count). The third-order valence-electron chi connectivity index (χ3n) is 4.08. The lowest BCUT2D eigenvalue weighted by atomic mass is 10.2. The predicted molar refractivity (Wildman–Crippen MR) is 85.8 cm³/mol. The monoisotopic (exact) mass is 303 g/mol. The van der Waals surface area contributed by atoms with Crippen molar-refractivity contribution in [2.24, 2.45) is 7.05 Å². The molecular weight excluding hydrogens is 282 g/mol. The number of hydrogen-bond donors (Lipinski definition) is 1. The minimum Gasteiger partial charge on any atom is -0.307 e. The highest BCUT2D eigenvalue weighted by molar-refractivity contribution is 7.15. The Balaban J connectivity index is 1.78. The SMILES string of the molecule is Cc1nn(C)c(C)c1CNCc1c(C)nc2scc(C)n12. The second kappa shape index (κ2) is 5.27. The van der Waals surface area contributed by atoms with Gasteiger partial charge in [-0.25, -0.2) is 4.98 Å². The molecule has 0 fully saturated rings. The van der Waals surface area contributed by atoms with Crippen molar-refractivity contribution in [2.45, 2.75) is 40.8 Å². The van der Waals surface area contributed by atoms with E-state index in [1.807, 2.05) is 11.7 Å². The van der Waals surface area contributed by atoms with Crippen LogP contribution in [0.15, 0.2) is 5.38 Å². The van der Waals surface area contributed by atoms with Crippen molar-refractivity contribution in [1.29, 1.82) is 0 Å². The van der Waals surface area contributed by atoms with Gasteiger partial charge in [-0.05, 0) is 27.7 Å². The van der Waals surface area contributed by atoms with Crippen LogP contribution in [-0.2, 0) is 20.1 Å². The van der Waals surface area contributed by atoms with Gasteiger partial charge in [0.05, 0.1) is 17.1 Å². The summed E-state index contributed by atoms with van der Waals surface area (Å²) in [5.74, 6) is 0. The zero-order valence-electron chi connectivity index (χ0n) is 13.2. The fourth-order valence-corrected chi connectivity index (χ4v) is 3.69. The molecule has 0 spiro atoms. The molecule has 0 radical (unpaired) electrons. The molecule has 0 atom stereocenters. The molecule has 0 unspecified atom stereocenters. The summed E-state index contributed by atoms with van der Waals surface area (Å²) in [6, 6.07) is 0. The van der Waals surface area contributed by atoms with E-state index in [1.165, 1.54) is 22.6 Å². The van der Waals surface area contributed by atoms with Gasteiger partial charge in [0.1, 0.15) is 0 Å². The quantitative estimate of drug-likeness (QED) is 0.806. The number of aryl methyl sites for hydroxylation is 4. The fraction of sp³-hybridized carbons (Fsp3) is 0.467. The van der Waals surface area contributed by atoms with Gasteiger partial charge in [0.15, 0.2) is 4.96 Å². The minimum atomic E-state index is 0.818. The van der Waals surface area contributed by atoms with Crippen LogP contribution >= 0.6 is 11.3 Å². The maximum Gasteiger partial charge on any atom is 0.194 e. The Hall–Kier alpha value is -1.66. The summed E-state index contributed by atoms with van der Waals surface area (Å²) < 4.78 is 4.19. The van der Waals surface area contributed by atoms with E-state index >= 15 is 0 Å². The first kappa shape index (κ1) is 14.3. The van der Waals surface area contributed by atoms with Gasteiger partial charge in [-0.2, -0.15) is 5.10 Å². The highest BCUT2D eigenvalue weighted by Gasteiger charge is 2.13. The summed E-state index contributed by atoms with van der Waals surface area (Å²) >= 11 is 1.70. The van der Waals surface area contributed by atoms with Gasteiger partial charge in [0.2, 0.25) is 0 Å². The van der Waals surface area contributed by atoms with Crippen molar-refractivity contribution in [2.75, 3.05) is 0 Å². The topological polar surface area (TPSA) is 47.2 Å². The van der Waals surface area contributed by atoms with Gasteiger partial charge in [-0.3, -0.25) is 9.08 Å². The first-order chi connectivity index (χ1) is 9.99. The second-order valence-electron chi connectivity index (χ2n) is 5.52. The number of imidazole rings is 1. The zero-order chi connectivity index (χ0) is 15.1. The van der Waals surface area contributed by atoms with E-state index in [1.54, 1.807) is 11.3 Å². The first-order valence-electron chi connectivity index (χ1n) is 7.11. The van der Waals surface area contributed by atoms with Crippen LogP contribution in [-0.4, -0.2) is 19.2 Å². The molecule has 6 heteroatoms. The molecule has 5 nitrogen and oxygen atoms in total. The van der Waals surface area contributed by atoms with Crippen LogP contribution in [0.2, 0.25) is 0 Å². The fourth-order valence-electron chi connectivity index (χ4n) is 2.75. The van der Waals surface area contributed by atoms with Gasteiger partial charge in [-0.1, -0.05) is 0 Å². The Morgan fingerprint density at radius 2 is 1.90 bits per heavy atom. The standard InChI is InChI=1S/C15H21N5S/c1-9-8-21-15-17-11(3)14(20(9)15)7-16-6-13-10(2)18-19(5)12(13)4/h8,16H,6-7H2,1-5H3. The average molecular weight is 303 g/mol. The molecule has 0 saturated heterocycles. The molecule has 0 aromatic carbocycles. The van der Waals surface area contributed by atoms with Crippen molar-refractivity contribution in [1.82, 2.24) is 24.5 Å². The highest BCUT2D eigenvalue weighted by atomic mass is 32.1. The molecule has 1 N–H and O–H groups in total. The van der Waals surface area contributed by atoms with E-state index in [0.717, 1.165) is 29.4 Å². The number of nitrogens with one attached hydrogen (secondary N) is 1. The lowest BCUT2D eigenvalue weighted by Gasteiger charge is -2.07. The van der Waals surface area contributed by atoms with Crippen LogP contribution in [0.1, 0.15) is 34.0 Å². The third-order valence-corrected chi connectivity index (χ3v) is 5.03. The third kappa shape index (κ3) is 2.38. The minimum absolute atomic E-state index is 0.818. The Morgan fingerprint density at radius 3 is 2.57 bits per heavy atom. The number of rotatable bonds is 4. The van der Waals surface area contributed by atoms with Crippen LogP contribution in [0.25, 0.3) is 4.96 Å². The largest absolute Gasteiger partial charge is 0.307 e. The molecule has 3 aromatic rings. The van der Waals surface area contributed by atoms with Gasteiger partial charge in [0, 0.05) is 42.5 Å². The van der Waals surface area contributed by atoms with Gasteiger partial charge >= 0.3 is 0 Å². The zero-order valence-corrected chi connectivity index (χ0v) is 14.0.